The highest BCUT2D eigenvalue weighted by atomic mass is 14.7. The standard InChI is InChI=1S/C11H14N2/c1-5-10-8(3)7(2)9(4)13-11(10)6-12/h5H2,1-4H3. The van der Waals surface area contributed by atoms with Gasteiger partial charge in [0, 0.05) is 5.69 Å². The average Bonchev–Trinajstić information content (AvgIpc) is 2.13. The zero-order valence-corrected chi connectivity index (χ0v) is 8.60. The molecular formula is C11H14N2. The molecule has 1 aromatic rings. The molecule has 0 aliphatic carbocycles. The molecule has 0 radical (unpaired) electrons. The van der Waals surface area contributed by atoms with E-state index in [0.29, 0.717) is 5.69 Å². The summed E-state index contributed by atoms with van der Waals surface area (Å²) in [6.45, 7) is 8.11. The van der Waals surface area contributed by atoms with Crippen LogP contribution in [0.3, 0.4) is 0 Å². The van der Waals surface area contributed by atoms with Crippen molar-refractivity contribution in [2.45, 2.75) is 34.1 Å². The Morgan fingerprint density at radius 2 is 1.85 bits per heavy atom. The average molecular weight is 174 g/mol. The van der Waals surface area contributed by atoms with Gasteiger partial charge >= 0.3 is 0 Å². The van der Waals surface area contributed by atoms with Crippen LogP contribution in [0.2, 0.25) is 0 Å². The van der Waals surface area contributed by atoms with Crippen LogP contribution in [0.1, 0.15) is 35.0 Å². The van der Waals surface area contributed by atoms with Gasteiger partial charge in [0.25, 0.3) is 0 Å². The van der Waals surface area contributed by atoms with E-state index in [4.69, 9.17) is 5.26 Å². The van der Waals surface area contributed by atoms with Crippen LogP contribution >= 0.6 is 0 Å². The molecule has 0 amide bonds. The van der Waals surface area contributed by atoms with E-state index < -0.39 is 0 Å². The quantitative estimate of drug-likeness (QED) is 0.655. The Hall–Kier alpha value is -1.36. The van der Waals surface area contributed by atoms with Gasteiger partial charge in [0.15, 0.2) is 0 Å². The lowest BCUT2D eigenvalue weighted by molar-refractivity contribution is 1.00. The minimum Gasteiger partial charge on any atom is -0.242 e. The summed E-state index contributed by atoms with van der Waals surface area (Å²) >= 11 is 0. The fourth-order valence-electron chi connectivity index (χ4n) is 1.52. The number of nitrogens with zero attached hydrogens (tertiary/aromatic N) is 2. The van der Waals surface area contributed by atoms with E-state index in [9.17, 15) is 0 Å². The van der Waals surface area contributed by atoms with Crippen molar-refractivity contribution in [1.82, 2.24) is 4.98 Å². The first-order valence-corrected chi connectivity index (χ1v) is 4.48. The van der Waals surface area contributed by atoms with Gasteiger partial charge < -0.3 is 0 Å². The number of aromatic nitrogens is 1. The van der Waals surface area contributed by atoms with Gasteiger partial charge in [-0.3, -0.25) is 0 Å². The van der Waals surface area contributed by atoms with Crippen LogP contribution in [0.25, 0.3) is 0 Å². The number of nitriles is 1. The van der Waals surface area contributed by atoms with Crippen LogP contribution in [0.4, 0.5) is 0 Å². The van der Waals surface area contributed by atoms with Crippen molar-refractivity contribution < 1.29 is 0 Å². The Balaban J connectivity index is 3.50. The second kappa shape index (κ2) is 3.57. The lowest BCUT2D eigenvalue weighted by atomic mass is 9.99. The van der Waals surface area contributed by atoms with Crippen LogP contribution in [0.5, 0.6) is 0 Å². The number of aryl methyl sites for hydroxylation is 1. The molecule has 0 fully saturated rings. The van der Waals surface area contributed by atoms with Gasteiger partial charge in [-0.15, -0.1) is 0 Å². The monoisotopic (exact) mass is 174 g/mol. The van der Waals surface area contributed by atoms with E-state index in [-0.39, 0.29) is 0 Å². The SMILES string of the molecule is CCc1c(C#N)nc(C)c(C)c1C. The first kappa shape index (κ1) is 9.73. The van der Waals surface area contributed by atoms with Crippen LogP contribution in [0.15, 0.2) is 0 Å². The van der Waals surface area contributed by atoms with E-state index in [1.165, 1.54) is 11.1 Å². The third kappa shape index (κ3) is 1.55. The Labute approximate surface area is 79.2 Å². The predicted molar refractivity (Wildman–Crippen MR) is 52.5 cm³/mol. The molecule has 0 spiro atoms. The van der Waals surface area contributed by atoms with E-state index in [2.05, 4.69) is 31.8 Å². The van der Waals surface area contributed by atoms with Crippen molar-refractivity contribution in [2.75, 3.05) is 0 Å². The number of pyridine rings is 1. The highest BCUT2D eigenvalue weighted by Gasteiger charge is 2.09. The molecule has 0 aliphatic rings. The summed E-state index contributed by atoms with van der Waals surface area (Å²) in [4.78, 5) is 4.26. The third-order valence-electron chi connectivity index (χ3n) is 2.58. The van der Waals surface area contributed by atoms with Gasteiger partial charge in [-0.25, -0.2) is 4.98 Å². The first-order chi connectivity index (χ1) is 6.11. The van der Waals surface area contributed by atoms with Gasteiger partial charge in [-0.1, -0.05) is 6.92 Å². The second-order valence-corrected chi connectivity index (χ2v) is 3.24. The Morgan fingerprint density at radius 3 is 2.31 bits per heavy atom. The van der Waals surface area contributed by atoms with Crippen molar-refractivity contribution >= 4 is 0 Å². The molecule has 2 heteroatoms. The molecule has 1 rings (SSSR count). The van der Waals surface area contributed by atoms with Crippen molar-refractivity contribution in [3.63, 3.8) is 0 Å². The maximum atomic E-state index is 8.88. The summed E-state index contributed by atoms with van der Waals surface area (Å²) in [6, 6.07) is 2.14. The molecule has 0 N–H and O–H groups in total. The lowest BCUT2D eigenvalue weighted by Gasteiger charge is -2.10. The van der Waals surface area contributed by atoms with Crippen LogP contribution in [0, 0.1) is 32.1 Å². The maximum Gasteiger partial charge on any atom is 0.144 e. The second-order valence-electron chi connectivity index (χ2n) is 3.24. The molecule has 0 saturated heterocycles. The number of rotatable bonds is 1. The molecule has 0 aliphatic heterocycles. The summed E-state index contributed by atoms with van der Waals surface area (Å²) in [5, 5.41) is 8.88. The van der Waals surface area contributed by atoms with Crippen molar-refractivity contribution in [3.05, 3.63) is 28.1 Å². The molecule has 0 bridgehead atoms. The minimum atomic E-state index is 0.586. The topological polar surface area (TPSA) is 36.7 Å². The number of hydrogen-bond donors (Lipinski definition) is 0. The van der Waals surface area contributed by atoms with E-state index in [1.54, 1.807) is 0 Å². The molecule has 1 heterocycles. The van der Waals surface area contributed by atoms with E-state index in [0.717, 1.165) is 17.7 Å². The molecule has 0 unspecified atom stereocenters. The Kier molecular flexibility index (Phi) is 2.67. The minimum absolute atomic E-state index is 0.586. The van der Waals surface area contributed by atoms with Gasteiger partial charge in [0.1, 0.15) is 11.8 Å². The smallest absolute Gasteiger partial charge is 0.144 e. The fourth-order valence-corrected chi connectivity index (χ4v) is 1.52. The first-order valence-electron chi connectivity index (χ1n) is 4.48. The van der Waals surface area contributed by atoms with E-state index >= 15 is 0 Å². The highest BCUT2D eigenvalue weighted by molar-refractivity contribution is 5.43. The lowest BCUT2D eigenvalue weighted by Crippen LogP contribution is -2.02. The fraction of sp³-hybridized carbons (Fsp3) is 0.455. The van der Waals surface area contributed by atoms with Crippen LogP contribution < -0.4 is 0 Å². The Bertz CT molecular complexity index is 373. The maximum absolute atomic E-state index is 8.88. The van der Waals surface area contributed by atoms with E-state index in [1.807, 2.05) is 6.92 Å². The Morgan fingerprint density at radius 1 is 1.23 bits per heavy atom. The van der Waals surface area contributed by atoms with Gasteiger partial charge in [-0.05, 0) is 43.9 Å². The molecule has 2 nitrogen and oxygen atoms in total. The summed E-state index contributed by atoms with van der Waals surface area (Å²) in [5.41, 5.74) is 5.06. The summed E-state index contributed by atoms with van der Waals surface area (Å²) in [6.07, 6.45) is 0.878. The zero-order valence-electron chi connectivity index (χ0n) is 8.60. The van der Waals surface area contributed by atoms with Gasteiger partial charge in [0.05, 0.1) is 0 Å². The molecule has 13 heavy (non-hydrogen) atoms. The summed E-state index contributed by atoms with van der Waals surface area (Å²) in [5.74, 6) is 0. The summed E-state index contributed by atoms with van der Waals surface area (Å²) < 4.78 is 0. The molecule has 1 aromatic heterocycles. The zero-order chi connectivity index (χ0) is 10.0. The van der Waals surface area contributed by atoms with Crippen molar-refractivity contribution in [2.24, 2.45) is 0 Å². The van der Waals surface area contributed by atoms with Crippen molar-refractivity contribution in [3.8, 4) is 6.07 Å². The molecule has 0 saturated carbocycles. The number of hydrogen-bond acceptors (Lipinski definition) is 2. The van der Waals surface area contributed by atoms with Gasteiger partial charge in [-0.2, -0.15) is 5.26 Å². The molecule has 68 valence electrons. The molecular weight excluding hydrogens is 160 g/mol. The van der Waals surface area contributed by atoms with Crippen molar-refractivity contribution in [1.29, 1.82) is 5.26 Å². The predicted octanol–water partition coefficient (Wildman–Crippen LogP) is 2.44. The third-order valence-corrected chi connectivity index (χ3v) is 2.58. The van der Waals surface area contributed by atoms with Crippen LogP contribution in [-0.4, -0.2) is 4.98 Å². The van der Waals surface area contributed by atoms with Gasteiger partial charge in [0.2, 0.25) is 0 Å². The highest BCUT2D eigenvalue weighted by Crippen LogP contribution is 2.18. The molecule has 0 atom stereocenters. The normalized spacial score (nSPS) is 9.77. The largest absolute Gasteiger partial charge is 0.242 e. The molecule has 0 aromatic carbocycles. The summed E-state index contributed by atoms with van der Waals surface area (Å²) in [7, 11) is 0. The van der Waals surface area contributed by atoms with Crippen LogP contribution in [-0.2, 0) is 6.42 Å².